The summed E-state index contributed by atoms with van der Waals surface area (Å²) in [4.78, 5) is 21.7. The predicted molar refractivity (Wildman–Crippen MR) is 106 cm³/mol. The van der Waals surface area contributed by atoms with Gasteiger partial charge in [0.2, 0.25) is 11.5 Å². The smallest absolute Gasteiger partial charge is 0.373 e. The van der Waals surface area contributed by atoms with E-state index >= 15 is 0 Å². The summed E-state index contributed by atoms with van der Waals surface area (Å²) in [6, 6.07) is 12.5. The molecule has 0 saturated carbocycles. The van der Waals surface area contributed by atoms with Gasteiger partial charge >= 0.3 is 11.9 Å². The van der Waals surface area contributed by atoms with Crippen LogP contribution in [0, 0.1) is 0 Å². The molecule has 154 valence electrons. The molecule has 2 aromatic rings. The van der Waals surface area contributed by atoms with E-state index in [4.69, 9.17) is 20.1 Å². The van der Waals surface area contributed by atoms with Crippen LogP contribution in [-0.2, 0) is 23.8 Å². The Morgan fingerprint density at radius 1 is 0.690 bits per heavy atom. The van der Waals surface area contributed by atoms with Gasteiger partial charge in [0.25, 0.3) is 0 Å². The van der Waals surface area contributed by atoms with Crippen LogP contribution in [0.5, 0.6) is 11.5 Å². The van der Waals surface area contributed by atoms with Gasteiger partial charge in [-0.1, -0.05) is 24.3 Å². The molecule has 0 aliphatic carbocycles. The van der Waals surface area contributed by atoms with Crippen LogP contribution in [0.2, 0.25) is 0 Å². The zero-order valence-corrected chi connectivity index (χ0v) is 16.2. The van der Waals surface area contributed by atoms with Crippen molar-refractivity contribution in [1.29, 1.82) is 0 Å². The molecule has 0 spiro atoms. The number of carboxylic acids is 1. The number of ether oxygens (including phenoxy) is 3. The van der Waals surface area contributed by atoms with Crippen LogP contribution in [0.15, 0.2) is 60.0 Å². The highest BCUT2D eigenvalue weighted by molar-refractivity contribution is 5.91. The minimum absolute atomic E-state index is 0.114. The normalized spacial score (nSPS) is 11.0. The minimum Gasteiger partial charge on any atom is -0.508 e. The lowest BCUT2D eigenvalue weighted by atomic mass is 10.2. The van der Waals surface area contributed by atoms with Gasteiger partial charge in [-0.15, -0.1) is 0 Å². The first-order valence-electron chi connectivity index (χ1n) is 8.21. The van der Waals surface area contributed by atoms with E-state index in [1.165, 1.54) is 57.7 Å². The summed E-state index contributed by atoms with van der Waals surface area (Å²) >= 11 is 0. The third-order valence-corrected chi connectivity index (χ3v) is 3.42. The molecule has 0 bridgehead atoms. The molecule has 0 amide bonds. The summed E-state index contributed by atoms with van der Waals surface area (Å²) in [5.41, 5.74) is 1.40. The maximum absolute atomic E-state index is 11.1. The highest BCUT2D eigenvalue weighted by Crippen LogP contribution is 2.14. The molecule has 0 unspecified atom stereocenters. The number of phenols is 2. The standard InChI is InChI=1S/C11H12O4.C10H10O4/c1-14-10(11(13)15-2)7-8-3-5-9(12)6-4-8;1-14-9(10(12)13)6-7-2-4-8(11)5-3-7/h3-7,12H,1-2H3;2-6,11H,1H3,(H,12,13). The summed E-state index contributed by atoms with van der Waals surface area (Å²) in [5, 5.41) is 26.7. The van der Waals surface area contributed by atoms with Gasteiger partial charge in [-0.2, -0.15) is 0 Å². The molecule has 2 rings (SSSR count). The Labute approximate surface area is 167 Å². The van der Waals surface area contributed by atoms with Crippen LogP contribution < -0.4 is 0 Å². The molecule has 8 heteroatoms. The number of carbonyl (C=O) groups is 2. The van der Waals surface area contributed by atoms with E-state index in [0.717, 1.165) is 5.56 Å². The lowest BCUT2D eigenvalue weighted by Crippen LogP contribution is -2.05. The van der Waals surface area contributed by atoms with E-state index < -0.39 is 11.9 Å². The van der Waals surface area contributed by atoms with Crippen LogP contribution in [0.1, 0.15) is 11.1 Å². The number of hydrogen-bond acceptors (Lipinski definition) is 7. The second-order valence-electron chi connectivity index (χ2n) is 5.41. The Balaban J connectivity index is 0.000000291. The first kappa shape index (κ1) is 23.1. The van der Waals surface area contributed by atoms with Crippen LogP contribution in [-0.4, -0.2) is 48.6 Å². The number of hydrogen-bond donors (Lipinski definition) is 3. The van der Waals surface area contributed by atoms with Crippen LogP contribution in [0.3, 0.4) is 0 Å². The third kappa shape index (κ3) is 8.08. The number of carbonyl (C=O) groups excluding carboxylic acids is 1. The van der Waals surface area contributed by atoms with Crippen molar-refractivity contribution < 1.29 is 39.1 Å². The summed E-state index contributed by atoms with van der Waals surface area (Å²) in [6.45, 7) is 0. The highest BCUT2D eigenvalue weighted by Gasteiger charge is 2.09. The fraction of sp³-hybridized carbons (Fsp3) is 0.143. The average Bonchev–Trinajstić information content (AvgIpc) is 2.72. The number of methoxy groups -OCH3 is 3. The Morgan fingerprint density at radius 3 is 1.38 bits per heavy atom. The quantitative estimate of drug-likeness (QED) is 0.383. The fourth-order valence-corrected chi connectivity index (χ4v) is 1.95. The lowest BCUT2D eigenvalue weighted by molar-refractivity contribution is -0.139. The first-order valence-corrected chi connectivity index (χ1v) is 8.21. The molecule has 0 fully saturated rings. The zero-order chi connectivity index (χ0) is 21.8. The SMILES string of the molecule is COC(=Cc1ccc(O)cc1)C(=O)O.COC(=O)C(=Cc1ccc(O)cc1)OC. The molecule has 0 heterocycles. The molecule has 2 aromatic carbocycles. The van der Waals surface area contributed by atoms with Crippen molar-refractivity contribution in [3.05, 3.63) is 71.2 Å². The van der Waals surface area contributed by atoms with Crippen molar-refractivity contribution >= 4 is 24.1 Å². The van der Waals surface area contributed by atoms with E-state index in [1.807, 2.05) is 0 Å². The average molecular weight is 402 g/mol. The second-order valence-corrected chi connectivity index (χ2v) is 5.41. The minimum atomic E-state index is -1.12. The number of carboxylic acid groups (broad SMARTS) is 1. The van der Waals surface area contributed by atoms with Crippen molar-refractivity contribution in [2.75, 3.05) is 21.3 Å². The van der Waals surface area contributed by atoms with E-state index in [-0.39, 0.29) is 23.0 Å². The summed E-state index contributed by atoms with van der Waals surface area (Å²) in [5.74, 6) is -1.38. The summed E-state index contributed by atoms with van der Waals surface area (Å²) < 4.78 is 14.0. The van der Waals surface area contributed by atoms with Gasteiger partial charge in [-0.3, -0.25) is 0 Å². The molecule has 3 N–H and O–H groups in total. The molecule has 0 aromatic heterocycles. The number of aromatic hydroxyl groups is 2. The fourth-order valence-electron chi connectivity index (χ4n) is 1.95. The molecular weight excluding hydrogens is 380 g/mol. The number of rotatable bonds is 6. The van der Waals surface area contributed by atoms with Crippen molar-refractivity contribution in [3.8, 4) is 11.5 Å². The largest absolute Gasteiger partial charge is 0.508 e. The van der Waals surface area contributed by atoms with Crippen LogP contribution in [0.25, 0.3) is 12.2 Å². The molecular formula is C21H22O8. The number of esters is 1. The summed E-state index contributed by atoms with van der Waals surface area (Å²) in [6.07, 6.45) is 2.91. The van der Waals surface area contributed by atoms with Gasteiger partial charge in [0.1, 0.15) is 11.5 Å². The van der Waals surface area contributed by atoms with Gasteiger partial charge in [0, 0.05) is 0 Å². The van der Waals surface area contributed by atoms with Gasteiger partial charge < -0.3 is 29.5 Å². The van der Waals surface area contributed by atoms with Gasteiger partial charge in [0.15, 0.2) is 0 Å². The molecule has 0 atom stereocenters. The first-order chi connectivity index (χ1) is 13.8. The van der Waals surface area contributed by atoms with Gasteiger partial charge in [-0.05, 0) is 47.5 Å². The molecule has 0 radical (unpaired) electrons. The Kier molecular flexibility index (Phi) is 9.32. The number of benzene rings is 2. The Hall–Kier alpha value is -3.94. The third-order valence-electron chi connectivity index (χ3n) is 3.42. The van der Waals surface area contributed by atoms with Crippen LogP contribution in [0.4, 0.5) is 0 Å². The number of phenolic OH excluding ortho intramolecular Hbond substituents is 2. The molecule has 8 nitrogen and oxygen atoms in total. The Bertz CT molecular complexity index is 865. The molecule has 0 aliphatic heterocycles. The molecule has 0 aliphatic rings. The summed E-state index contributed by atoms with van der Waals surface area (Å²) in [7, 11) is 3.97. The monoisotopic (exact) mass is 402 g/mol. The highest BCUT2D eigenvalue weighted by atomic mass is 16.6. The van der Waals surface area contributed by atoms with E-state index in [0.29, 0.717) is 5.56 Å². The zero-order valence-electron chi connectivity index (χ0n) is 16.2. The number of aliphatic carboxylic acids is 1. The topological polar surface area (TPSA) is 123 Å². The maximum Gasteiger partial charge on any atom is 0.373 e. The lowest BCUT2D eigenvalue weighted by Gasteiger charge is -2.03. The van der Waals surface area contributed by atoms with Crippen molar-refractivity contribution in [1.82, 2.24) is 0 Å². The molecule has 29 heavy (non-hydrogen) atoms. The van der Waals surface area contributed by atoms with Crippen molar-refractivity contribution in [2.45, 2.75) is 0 Å². The van der Waals surface area contributed by atoms with Crippen LogP contribution >= 0.6 is 0 Å². The van der Waals surface area contributed by atoms with Crippen molar-refractivity contribution in [3.63, 3.8) is 0 Å². The maximum atomic E-state index is 11.1. The van der Waals surface area contributed by atoms with Crippen molar-refractivity contribution in [2.24, 2.45) is 0 Å². The van der Waals surface area contributed by atoms with E-state index in [2.05, 4.69) is 9.47 Å². The van der Waals surface area contributed by atoms with Gasteiger partial charge in [-0.25, -0.2) is 9.59 Å². The van der Waals surface area contributed by atoms with E-state index in [9.17, 15) is 9.59 Å². The molecule has 0 saturated heterocycles. The second kappa shape index (κ2) is 11.7. The van der Waals surface area contributed by atoms with E-state index in [1.54, 1.807) is 24.3 Å². The predicted octanol–water partition coefficient (Wildman–Crippen LogP) is 3.02. The Morgan fingerprint density at radius 2 is 1.07 bits per heavy atom. The van der Waals surface area contributed by atoms with Gasteiger partial charge in [0.05, 0.1) is 21.3 Å².